The molecule has 0 heterocycles. The molecule has 0 saturated carbocycles. The zero-order chi connectivity index (χ0) is 15.9. The number of hydrogen-bond acceptors (Lipinski definition) is 3. The largest absolute Gasteiger partial charge is 0.490 e. The van der Waals surface area contributed by atoms with Gasteiger partial charge in [0.05, 0.1) is 0 Å². The van der Waals surface area contributed by atoms with E-state index >= 15 is 0 Å². The molecule has 124 valence electrons. The summed E-state index contributed by atoms with van der Waals surface area (Å²) >= 11 is 0. The van der Waals surface area contributed by atoms with E-state index < -0.39 is 0 Å². The van der Waals surface area contributed by atoms with Crippen LogP contribution in [0.4, 0.5) is 0 Å². The van der Waals surface area contributed by atoms with E-state index in [0.29, 0.717) is 24.6 Å². The highest BCUT2D eigenvalue weighted by Crippen LogP contribution is 2.17. The van der Waals surface area contributed by atoms with Crippen LogP contribution in [0.15, 0.2) is 36.9 Å². The minimum Gasteiger partial charge on any atom is -0.490 e. The lowest BCUT2D eigenvalue weighted by atomic mass is 9.90. The lowest BCUT2D eigenvalue weighted by Crippen LogP contribution is -2.52. The van der Waals surface area contributed by atoms with Gasteiger partial charge < -0.3 is 15.8 Å². The number of ether oxygens (including phenoxy) is 1. The fraction of sp³-hybridized carbons (Fsp3) is 0.471. The number of carbonyl (C=O) groups is 1. The van der Waals surface area contributed by atoms with E-state index in [-0.39, 0.29) is 23.9 Å². The van der Waals surface area contributed by atoms with E-state index in [9.17, 15) is 4.79 Å². The van der Waals surface area contributed by atoms with Crippen molar-refractivity contribution in [3.05, 3.63) is 42.5 Å². The van der Waals surface area contributed by atoms with Gasteiger partial charge in [0.15, 0.2) is 0 Å². The molecule has 0 aliphatic carbocycles. The highest BCUT2D eigenvalue weighted by Gasteiger charge is 2.26. The van der Waals surface area contributed by atoms with Crippen molar-refractivity contribution in [3.63, 3.8) is 0 Å². The van der Waals surface area contributed by atoms with Gasteiger partial charge in [0.25, 0.3) is 5.91 Å². The van der Waals surface area contributed by atoms with Gasteiger partial charge in [-0.1, -0.05) is 26.5 Å². The molecule has 1 unspecified atom stereocenters. The van der Waals surface area contributed by atoms with Crippen molar-refractivity contribution >= 4 is 18.3 Å². The van der Waals surface area contributed by atoms with Gasteiger partial charge in [-0.25, -0.2) is 0 Å². The summed E-state index contributed by atoms with van der Waals surface area (Å²) in [6, 6.07) is 7.06. The lowest BCUT2D eigenvalue weighted by molar-refractivity contribution is 0.0898. The van der Waals surface area contributed by atoms with Crippen LogP contribution in [0.1, 0.15) is 37.6 Å². The Balaban J connectivity index is 0.00000441. The third kappa shape index (κ3) is 6.50. The molecule has 0 saturated heterocycles. The van der Waals surface area contributed by atoms with E-state index in [1.807, 2.05) is 6.92 Å². The van der Waals surface area contributed by atoms with Gasteiger partial charge in [0.1, 0.15) is 12.4 Å². The number of nitrogens with two attached hydrogens (primary N) is 1. The molecule has 1 atom stereocenters. The zero-order valence-corrected chi connectivity index (χ0v) is 14.4. The predicted molar refractivity (Wildman–Crippen MR) is 93.8 cm³/mol. The second kappa shape index (κ2) is 9.49. The summed E-state index contributed by atoms with van der Waals surface area (Å²) in [7, 11) is 0. The fourth-order valence-corrected chi connectivity index (χ4v) is 2.29. The summed E-state index contributed by atoms with van der Waals surface area (Å²) in [4.78, 5) is 12.3. The standard InChI is InChI=1S/C17H26N2O2.ClH/c1-5-10-21-15-8-6-14(7-9-15)16(20)19-17(4,12-18)11-13(2)3;/h5-9,13H,1,10-12,18H2,2-4H3,(H,19,20);1H. The van der Waals surface area contributed by atoms with Gasteiger partial charge in [0.2, 0.25) is 0 Å². The van der Waals surface area contributed by atoms with Crippen molar-refractivity contribution in [1.29, 1.82) is 0 Å². The molecular weight excluding hydrogens is 300 g/mol. The van der Waals surface area contributed by atoms with Crippen LogP contribution in [0.5, 0.6) is 5.75 Å². The molecule has 0 aliphatic heterocycles. The number of benzene rings is 1. The number of carbonyl (C=O) groups excluding carboxylic acids is 1. The van der Waals surface area contributed by atoms with Crippen LogP contribution in [0.25, 0.3) is 0 Å². The maximum Gasteiger partial charge on any atom is 0.251 e. The van der Waals surface area contributed by atoms with Crippen molar-refractivity contribution in [2.45, 2.75) is 32.7 Å². The molecule has 1 amide bonds. The van der Waals surface area contributed by atoms with E-state index in [2.05, 4.69) is 25.7 Å². The molecule has 22 heavy (non-hydrogen) atoms. The number of rotatable bonds is 8. The number of hydrogen-bond donors (Lipinski definition) is 2. The van der Waals surface area contributed by atoms with Gasteiger partial charge in [-0.3, -0.25) is 4.79 Å². The highest BCUT2D eigenvalue weighted by molar-refractivity contribution is 5.94. The van der Waals surface area contributed by atoms with Gasteiger partial charge in [-0.2, -0.15) is 0 Å². The predicted octanol–water partition coefficient (Wildman–Crippen LogP) is 3.17. The molecule has 0 aromatic heterocycles. The average molecular weight is 327 g/mol. The number of amides is 1. The summed E-state index contributed by atoms with van der Waals surface area (Å²) < 4.78 is 5.39. The first kappa shape index (κ1) is 20.5. The monoisotopic (exact) mass is 326 g/mol. The Kier molecular flexibility index (Phi) is 8.83. The summed E-state index contributed by atoms with van der Waals surface area (Å²) in [5.41, 5.74) is 6.03. The molecule has 0 spiro atoms. The third-order valence-electron chi connectivity index (χ3n) is 3.21. The van der Waals surface area contributed by atoms with Crippen molar-refractivity contribution < 1.29 is 9.53 Å². The molecule has 5 heteroatoms. The molecule has 1 rings (SSSR count). The number of nitrogens with one attached hydrogen (secondary N) is 1. The second-order valence-electron chi connectivity index (χ2n) is 5.94. The molecule has 0 bridgehead atoms. The highest BCUT2D eigenvalue weighted by atomic mass is 35.5. The molecule has 0 fully saturated rings. The fourth-order valence-electron chi connectivity index (χ4n) is 2.29. The lowest BCUT2D eigenvalue weighted by Gasteiger charge is -2.31. The summed E-state index contributed by atoms with van der Waals surface area (Å²) in [5, 5.41) is 3.03. The molecule has 1 aromatic carbocycles. The Hall–Kier alpha value is -1.52. The van der Waals surface area contributed by atoms with Gasteiger partial charge in [-0.15, -0.1) is 12.4 Å². The smallest absolute Gasteiger partial charge is 0.251 e. The summed E-state index contributed by atoms with van der Waals surface area (Å²) in [6.45, 7) is 10.7. The first-order valence-electron chi connectivity index (χ1n) is 7.26. The maximum absolute atomic E-state index is 12.3. The summed E-state index contributed by atoms with van der Waals surface area (Å²) in [5.74, 6) is 1.07. The Morgan fingerprint density at radius 1 is 1.41 bits per heavy atom. The van der Waals surface area contributed by atoms with Gasteiger partial charge in [-0.05, 0) is 43.5 Å². The van der Waals surface area contributed by atoms with Crippen molar-refractivity contribution in [1.82, 2.24) is 5.32 Å². The third-order valence-corrected chi connectivity index (χ3v) is 3.21. The van der Waals surface area contributed by atoms with E-state index in [4.69, 9.17) is 10.5 Å². The normalized spacial score (nSPS) is 13.0. The Bertz CT molecular complexity index is 474. The molecule has 0 aliphatic rings. The minimum atomic E-state index is -0.386. The van der Waals surface area contributed by atoms with Gasteiger partial charge >= 0.3 is 0 Å². The SMILES string of the molecule is C=CCOc1ccc(C(=O)NC(C)(CN)CC(C)C)cc1.Cl. The van der Waals surface area contributed by atoms with E-state index in [0.717, 1.165) is 12.2 Å². The van der Waals surface area contributed by atoms with Crippen LogP contribution in [-0.4, -0.2) is 24.6 Å². The van der Waals surface area contributed by atoms with Crippen LogP contribution >= 0.6 is 12.4 Å². The summed E-state index contributed by atoms with van der Waals surface area (Å²) in [6.07, 6.45) is 2.52. The van der Waals surface area contributed by atoms with Crippen LogP contribution in [0, 0.1) is 5.92 Å². The Morgan fingerprint density at radius 2 is 2.00 bits per heavy atom. The Morgan fingerprint density at radius 3 is 2.45 bits per heavy atom. The van der Waals surface area contributed by atoms with Crippen LogP contribution < -0.4 is 15.8 Å². The second-order valence-corrected chi connectivity index (χ2v) is 5.94. The number of halogens is 1. The molecule has 0 radical (unpaired) electrons. The van der Waals surface area contributed by atoms with Crippen LogP contribution in [0.3, 0.4) is 0 Å². The van der Waals surface area contributed by atoms with Crippen molar-refractivity contribution in [2.75, 3.05) is 13.2 Å². The van der Waals surface area contributed by atoms with Crippen LogP contribution in [-0.2, 0) is 0 Å². The van der Waals surface area contributed by atoms with Crippen molar-refractivity contribution in [2.24, 2.45) is 11.7 Å². The first-order valence-corrected chi connectivity index (χ1v) is 7.26. The van der Waals surface area contributed by atoms with Gasteiger partial charge in [0, 0.05) is 17.6 Å². The van der Waals surface area contributed by atoms with Crippen molar-refractivity contribution in [3.8, 4) is 5.75 Å². The topological polar surface area (TPSA) is 64.3 Å². The molecule has 3 N–H and O–H groups in total. The Labute approximate surface area is 139 Å². The minimum absolute atomic E-state index is 0. The van der Waals surface area contributed by atoms with E-state index in [1.54, 1.807) is 30.3 Å². The van der Waals surface area contributed by atoms with Crippen LogP contribution in [0.2, 0.25) is 0 Å². The maximum atomic E-state index is 12.3. The molecule has 1 aromatic rings. The average Bonchev–Trinajstić information content (AvgIpc) is 2.44. The molecular formula is C17H27ClN2O2. The quantitative estimate of drug-likeness (QED) is 0.721. The van der Waals surface area contributed by atoms with E-state index in [1.165, 1.54) is 0 Å². The first-order chi connectivity index (χ1) is 9.90. The molecule has 4 nitrogen and oxygen atoms in total. The zero-order valence-electron chi connectivity index (χ0n) is 13.6.